The van der Waals surface area contributed by atoms with E-state index in [0.29, 0.717) is 5.69 Å². The molecule has 1 aliphatic rings. The zero-order valence-corrected chi connectivity index (χ0v) is 12.7. The molecule has 2 rings (SSSR count). The highest BCUT2D eigenvalue weighted by atomic mass is 16.4. The van der Waals surface area contributed by atoms with Crippen molar-refractivity contribution in [1.29, 1.82) is 0 Å². The van der Waals surface area contributed by atoms with Crippen molar-refractivity contribution in [2.24, 2.45) is 10.8 Å². The van der Waals surface area contributed by atoms with Crippen molar-refractivity contribution in [1.82, 2.24) is 20.6 Å². The molecular weight excluding hydrogens is 272 g/mol. The normalized spacial score (nSPS) is 20.6. The van der Waals surface area contributed by atoms with Gasteiger partial charge in [0.05, 0.1) is 6.33 Å². The molecule has 2 amide bonds. The lowest BCUT2D eigenvalue weighted by atomic mass is 10.0. The van der Waals surface area contributed by atoms with E-state index in [1.54, 1.807) is 6.20 Å². The average Bonchev–Trinajstić information content (AvgIpc) is 2.79. The van der Waals surface area contributed by atoms with Gasteiger partial charge in [-0.3, -0.25) is 0 Å². The number of aromatic amines is 1. The van der Waals surface area contributed by atoms with Crippen molar-refractivity contribution in [3.05, 3.63) is 18.2 Å². The lowest BCUT2D eigenvalue weighted by Crippen LogP contribution is -2.48. The van der Waals surface area contributed by atoms with Gasteiger partial charge in [-0.1, -0.05) is 27.7 Å². The molecule has 116 valence electrons. The van der Waals surface area contributed by atoms with Crippen molar-refractivity contribution >= 4 is 12.0 Å². The number of urea groups is 1. The van der Waals surface area contributed by atoms with Crippen molar-refractivity contribution in [2.45, 2.75) is 46.2 Å². The second kappa shape index (κ2) is 5.05. The van der Waals surface area contributed by atoms with Gasteiger partial charge in [-0.2, -0.15) is 0 Å². The lowest BCUT2D eigenvalue weighted by molar-refractivity contribution is -0.139. The summed E-state index contributed by atoms with van der Waals surface area (Å²) in [4.78, 5) is 29.9. The van der Waals surface area contributed by atoms with Crippen LogP contribution in [0.2, 0.25) is 0 Å². The quantitative estimate of drug-likeness (QED) is 0.653. The van der Waals surface area contributed by atoms with Crippen LogP contribution in [0.15, 0.2) is 12.5 Å². The number of carbonyl (C=O) groups excluding carboxylic acids is 1. The van der Waals surface area contributed by atoms with Crippen molar-refractivity contribution in [3.8, 4) is 0 Å². The fourth-order valence-electron chi connectivity index (χ4n) is 2.70. The number of H-pyrrole nitrogens is 1. The molecule has 1 atom stereocenters. The molecule has 1 heterocycles. The standard InChI is InChI=1S/C14H22N4O3/c1-13(2)11(14(13,3)4)18-12(21)17-9(10(19)20)5-8-6-15-7-16-8/h6-7,9,11H,5H2,1-4H3,(H,15,16)(H,19,20)(H2,17,18,21)/t9-/m0/s1. The SMILES string of the molecule is CC1(C)C(NC(=O)N[C@@H](Cc2cnc[nH]2)C(=O)O)C1(C)C. The third-order valence-electron chi connectivity index (χ3n) is 4.88. The summed E-state index contributed by atoms with van der Waals surface area (Å²) in [6, 6.07) is -1.41. The van der Waals surface area contributed by atoms with Gasteiger partial charge >= 0.3 is 12.0 Å². The highest BCUT2D eigenvalue weighted by Gasteiger charge is 2.65. The second-order valence-corrected chi connectivity index (χ2v) is 6.67. The van der Waals surface area contributed by atoms with Gasteiger partial charge in [0.25, 0.3) is 0 Å². The largest absolute Gasteiger partial charge is 0.480 e. The number of hydrogen-bond acceptors (Lipinski definition) is 3. The number of amides is 2. The number of carboxylic acid groups (broad SMARTS) is 1. The summed E-state index contributed by atoms with van der Waals surface area (Å²) >= 11 is 0. The molecule has 1 aliphatic carbocycles. The first kappa shape index (κ1) is 15.3. The van der Waals surface area contributed by atoms with Crippen LogP contribution in [0.25, 0.3) is 0 Å². The number of aliphatic carboxylic acids is 1. The number of rotatable bonds is 5. The Morgan fingerprint density at radius 1 is 1.38 bits per heavy atom. The van der Waals surface area contributed by atoms with Gasteiger partial charge in [0, 0.05) is 24.4 Å². The third kappa shape index (κ3) is 2.86. The summed E-state index contributed by atoms with van der Waals surface area (Å²) < 4.78 is 0. The smallest absolute Gasteiger partial charge is 0.326 e. The second-order valence-electron chi connectivity index (χ2n) is 6.67. The molecule has 0 spiro atoms. The van der Waals surface area contributed by atoms with Crippen LogP contribution in [0.4, 0.5) is 4.79 Å². The molecular formula is C14H22N4O3. The van der Waals surface area contributed by atoms with E-state index in [0.717, 1.165) is 0 Å². The number of hydrogen-bond donors (Lipinski definition) is 4. The minimum Gasteiger partial charge on any atom is -0.480 e. The number of nitrogens with one attached hydrogen (secondary N) is 3. The van der Waals surface area contributed by atoms with Crippen LogP contribution in [-0.2, 0) is 11.2 Å². The van der Waals surface area contributed by atoms with E-state index in [1.165, 1.54) is 6.33 Å². The van der Waals surface area contributed by atoms with Crippen LogP contribution in [0, 0.1) is 10.8 Å². The van der Waals surface area contributed by atoms with Crippen LogP contribution in [0.1, 0.15) is 33.4 Å². The van der Waals surface area contributed by atoms with E-state index in [2.05, 4.69) is 48.3 Å². The van der Waals surface area contributed by atoms with Crippen molar-refractivity contribution in [3.63, 3.8) is 0 Å². The van der Waals surface area contributed by atoms with Gasteiger partial charge in [-0.15, -0.1) is 0 Å². The van der Waals surface area contributed by atoms with Crippen LogP contribution in [0.3, 0.4) is 0 Å². The van der Waals surface area contributed by atoms with Gasteiger partial charge in [-0.05, 0) is 10.8 Å². The van der Waals surface area contributed by atoms with Crippen molar-refractivity contribution in [2.75, 3.05) is 0 Å². The molecule has 1 aromatic rings. The molecule has 1 fully saturated rings. The maximum atomic E-state index is 12.0. The summed E-state index contributed by atoms with van der Waals surface area (Å²) in [5.74, 6) is -1.07. The van der Waals surface area contributed by atoms with E-state index in [4.69, 9.17) is 0 Å². The molecule has 0 radical (unpaired) electrons. The molecule has 0 aliphatic heterocycles. The topological polar surface area (TPSA) is 107 Å². The monoisotopic (exact) mass is 294 g/mol. The van der Waals surface area contributed by atoms with Gasteiger partial charge in [0.15, 0.2) is 0 Å². The Labute approximate surface area is 123 Å². The first-order valence-electron chi connectivity index (χ1n) is 6.93. The minimum atomic E-state index is -1.07. The van der Waals surface area contributed by atoms with Gasteiger partial charge in [0.2, 0.25) is 0 Å². The van der Waals surface area contributed by atoms with E-state index >= 15 is 0 Å². The Morgan fingerprint density at radius 2 is 2.00 bits per heavy atom. The highest BCUT2D eigenvalue weighted by molar-refractivity contribution is 5.83. The van der Waals surface area contributed by atoms with Crippen LogP contribution >= 0.6 is 0 Å². The summed E-state index contributed by atoms with van der Waals surface area (Å²) in [5.41, 5.74) is 0.675. The van der Waals surface area contributed by atoms with Crippen LogP contribution in [-0.4, -0.2) is 39.2 Å². The summed E-state index contributed by atoms with van der Waals surface area (Å²) in [6.45, 7) is 8.32. The number of imidazole rings is 1. The first-order chi connectivity index (χ1) is 9.66. The molecule has 4 N–H and O–H groups in total. The van der Waals surface area contributed by atoms with E-state index in [-0.39, 0.29) is 23.3 Å². The maximum Gasteiger partial charge on any atom is 0.326 e. The maximum absolute atomic E-state index is 12.0. The van der Waals surface area contributed by atoms with Gasteiger partial charge in [-0.25, -0.2) is 14.6 Å². The molecule has 0 aromatic carbocycles. The number of nitrogens with zero attached hydrogens (tertiary/aromatic N) is 1. The van der Waals surface area contributed by atoms with Gasteiger partial charge in [0.1, 0.15) is 6.04 Å². The predicted octanol–water partition coefficient (Wildman–Crippen LogP) is 1.14. The minimum absolute atomic E-state index is 0.00638. The lowest BCUT2D eigenvalue weighted by Gasteiger charge is -2.15. The van der Waals surface area contributed by atoms with E-state index < -0.39 is 18.0 Å². The number of aromatic nitrogens is 2. The zero-order chi connectivity index (χ0) is 15.8. The molecule has 7 nitrogen and oxygen atoms in total. The summed E-state index contributed by atoms with van der Waals surface area (Å²) in [5, 5.41) is 14.6. The molecule has 0 unspecified atom stereocenters. The molecule has 1 aromatic heterocycles. The van der Waals surface area contributed by atoms with Crippen molar-refractivity contribution < 1.29 is 14.7 Å². The summed E-state index contributed by atoms with van der Waals surface area (Å²) in [6.07, 6.45) is 3.19. The van der Waals surface area contributed by atoms with Crippen LogP contribution in [0.5, 0.6) is 0 Å². The summed E-state index contributed by atoms with van der Waals surface area (Å²) in [7, 11) is 0. The fraction of sp³-hybridized carbons (Fsp3) is 0.643. The zero-order valence-electron chi connectivity index (χ0n) is 12.7. The van der Waals surface area contributed by atoms with Crippen LogP contribution < -0.4 is 10.6 Å². The Bertz CT molecular complexity index is 522. The molecule has 7 heteroatoms. The Hall–Kier alpha value is -2.05. The Kier molecular flexibility index (Phi) is 3.69. The third-order valence-corrected chi connectivity index (χ3v) is 4.88. The number of carbonyl (C=O) groups is 2. The average molecular weight is 294 g/mol. The Balaban J connectivity index is 1.92. The molecule has 21 heavy (non-hydrogen) atoms. The van der Waals surface area contributed by atoms with E-state index in [9.17, 15) is 14.7 Å². The molecule has 0 saturated heterocycles. The molecule has 0 bridgehead atoms. The van der Waals surface area contributed by atoms with Gasteiger partial charge < -0.3 is 20.7 Å². The molecule has 1 saturated carbocycles. The first-order valence-corrected chi connectivity index (χ1v) is 6.93. The fourth-order valence-corrected chi connectivity index (χ4v) is 2.70. The van der Waals surface area contributed by atoms with E-state index in [1.807, 2.05) is 0 Å². The highest BCUT2D eigenvalue weighted by Crippen LogP contribution is 2.62. The number of carboxylic acids is 1. The predicted molar refractivity (Wildman–Crippen MR) is 76.7 cm³/mol. The Morgan fingerprint density at radius 3 is 2.43 bits per heavy atom.